The second-order valence-electron chi connectivity index (χ2n) is 16.1. The summed E-state index contributed by atoms with van der Waals surface area (Å²) in [5, 5.41) is 1.33. The molecule has 0 bridgehead atoms. The highest BCUT2D eigenvalue weighted by Gasteiger charge is 2.43. The summed E-state index contributed by atoms with van der Waals surface area (Å²) in [5.41, 5.74) is 19.5. The number of aromatic nitrogens is 1. The van der Waals surface area contributed by atoms with Crippen LogP contribution in [0.4, 0.5) is 11.4 Å². The lowest BCUT2D eigenvalue weighted by molar-refractivity contribution is 0.725. The molecule has 2 atom stereocenters. The van der Waals surface area contributed by atoms with E-state index in [2.05, 4.69) is 205 Å². The van der Waals surface area contributed by atoms with Crippen LogP contribution >= 0.6 is 0 Å². The molecule has 0 amide bonds. The molecule has 2 heteroatoms. The number of fused-ring (bicyclic) bond motifs is 7. The van der Waals surface area contributed by atoms with Crippen molar-refractivity contribution in [3.8, 4) is 39.1 Å². The lowest BCUT2D eigenvalue weighted by Crippen LogP contribution is -2.30. The van der Waals surface area contributed by atoms with E-state index in [0.717, 1.165) is 12.8 Å². The van der Waals surface area contributed by atoms with Crippen LogP contribution in [-0.2, 0) is 12.8 Å². The Bertz CT molecular complexity index is 2770. The van der Waals surface area contributed by atoms with E-state index in [1.165, 1.54) is 115 Å². The maximum absolute atomic E-state index is 2.58. The third-order valence-corrected chi connectivity index (χ3v) is 12.5. The molecular formula is C56H50N2. The molecule has 8 aromatic rings. The zero-order chi connectivity index (χ0) is 39.0. The van der Waals surface area contributed by atoms with E-state index in [1.807, 2.05) is 0 Å². The van der Waals surface area contributed by atoms with Gasteiger partial charge in [-0.3, -0.25) is 0 Å². The van der Waals surface area contributed by atoms with E-state index in [9.17, 15) is 0 Å². The molecule has 1 aromatic heterocycles. The van der Waals surface area contributed by atoms with Crippen LogP contribution in [0.25, 0.3) is 56.0 Å². The first-order valence-electron chi connectivity index (χ1n) is 21.4. The number of nitrogens with zero attached hydrogens (tertiary/aromatic N) is 2. The van der Waals surface area contributed by atoms with E-state index >= 15 is 0 Å². The molecular weight excluding hydrogens is 701 g/mol. The van der Waals surface area contributed by atoms with Gasteiger partial charge in [-0.05, 0) is 112 Å². The normalized spacial score (nSPS) is 15.4. The minimum atomic E-state index is 0.151. The molecule has 1 aliphatic heterocycles. The molecule has 1 aliphatic carbocycles. The van der Waals surface area contributed by atoms with Crippen molar-refractivity contribution in [2.75, 3.05) is 4.90 Å². The van der Waals surface area contributed by atoms with Crippen LogP contribution in [0.1, 0.15) is 73.4 Å². The fourth-order valence-electron chi connectivity index (χ4n) is 9.75. The predicted molar refractivity (Wildman–Crippen MR) is 246 cm³/mol. The molecule has 10 rings (SSSR count). The van der Waals surface area contributed by atoms with Crippen LogP contribution in [0.5, 0.6) is 0 Å². The molecule has 0 saturated heterocycles. The van der Waals surface area contributed by atoms with Gasteiger partial charge in [0.05, 0.1) is 22.9 Å². The van der Waals surface area contributed by atoms with Gasteiger partial charge in [0.15, 0.2) is 0 Å². The Labute approximate surface area is 343 Å². The standard InChI is InChI=1S/C56H50N2/c1-3-5-17-39-19-16-22-43(37-39)46-23-10-13-26-50(46)58-52-28-15-12-25-48(52)56-54(58)36-35-53-55(56)47-24-11-14-27-51(47)57(53)44-32-30-42(31-33-44)45-34-29-40(18-6-4-2)38-49(45)41-20-8-7-9-21-41/h7-16,19-38,53,55H,3-6,17-18H2,1-2H3. The van der Waals surface area contributed by atoms with E-state index in [0.29, 0.717) is 0 Å². The summed E-state index contributed by atoms with van der Waals surface area (Å²) in [4.78, 5) is 2.58. The highest BCUT2D eigenvalue weighted by molar-refractivity contribution is 5.96. The molecule has 2 heterocycles. The van der Waals surface area contributed by atoms with Crippen LogP contribution in [0.3, 0.4) is 0 Å². The Hall–Kier alpha value is -6.38. The highest BCUT2D eigenvalue weighted by atomic mass is 15.2. The van der Waals surface area contributed by atoms with Crippen molar-refractivity contribution < 1.29 is 0 Å². The smallest absolute Gasteiger partial charge is 0.0637 e. The number of benzene rings is 7. The Balaban J connectivity index is 1.06. The topological polar surface area (TPSA) is 8.17 Å². The summed E-state index contributed by atoms with van der Waals surface area (Å²) in [7, 11) is 0. The number of unbranched alkanes of at least 4 members (excludes halogenated alkanes) is 2. The van der Waals surface area contributed by atoms with Gasteiger partial charge in [0, 0.05) is 28.2 Å². The van der Waals surface area contributed by atoms with Gasteiger partial charge < -0.3 is 9.47 Å². The number of hydrogen-bond donors (Lipinski definition) is 0. The van der Waals surface area contributed by atoms with Crippen molar-refractivity contribution in [1.29, 1.82) is 0 Å². The number of para-hydroxylation sites is 3. The summed E-state index contributed by atoms with van der Waals surface area (Å²) in [6, 6.07) is 63.8. The fraction of sp³-hybridized carbons (Fsp3) is 0.179. The van der Waals surface area contributed by atoms with Crippen molar-refractivity contribution >= 4 is 28.4 Å². The van der Waals surface area contributed by atoms with Gasteiger partial charge in [-0.2, -0.15) is 0 Å². The van der Waals surface area contributed by atoms with E-state index in [-0.39, 0.29) is 12.0 Å². The third-order valence-electron chi connectivity index (χ3n) is 12.5. The molecule has 0 saturated carbocycles. The SMILES string of the molecule is CCCCc1cccc(-c2ccccc2-n2c3c(c4ccccc42)C2c4ccccc4N(c4ccc(-c5ccc(CCCC)cc5-c5ccccc5)cc4)C2C=C3)c1. The highest BCUT2D eigenvalue weighted by Crippen LogP contribution is 2.54. The fourth-order valence-corrected chi connectivity index (χ4v) is 9.75. The molecule has 0 spiro atoms. The van der Waals surface area contributed by atoms with Crippen LogP contribution in [0.2, 0.25) is 0 Å². The van der Waals surface area contributed by atoms with Crippen molar-refractivity contribution in [1.82, 2.24) is 4.57 Å². The molecule has 0 radical (unpaired) electrons. The average Bonchev–Trinajstić information content (AvgIpc) is 3.81. The Morgan fingerprint density at radius 2 is 1.17 bits per heavy atom. The van der Waals surface area contributed by atoms with Crippen LogP contribution in [0.15, 0.2) is 176 Å². The van der Waals surface area contributed by atoms with Crippen molar-refractivity contribution in [2.45, 2.75) is 64.3 Å². The largest absolute Gasteiger partial charge is 0.333 e. The maximum Gasteiger partial charge on any atom is 0.0637 e. The van der Waals surface area contributed by atoms with Gasteiger partial charge in [-0.25, -0.2) is 0 Å². The minimum Gasteiger partial charge on any atom is -0.333 e. The minimum absolute atomic E-state index is 0.151. The van der Waals surface area contributed by atoms with Gasteiger partial charge in [0.2, 0.25) is 0 Å². The first-order valence-corrected chi connectivity index (χ1v) is 21.4. The van der Waals surface area contributed by atoms with Crippen molar-refractivity contribution in [3.05, 3.63) is 204 Å². The summed E-state index contributed by atoms with van der Waals surface area (Å²) in [6.45, 7) is 4.54. The van der Waals surface area contributed by atoms with Gasteiger partial charge in [0.1, 0.15) is 0 Å². The second-order valence-corrected chi connectivity index (χ2v) is 16.1. The van der Waals surface area contributed by atoms with Gasteiger partial charge in [0.25, 0.3) is 0 Å². The lowest BCUT2D eigenvalue weighted by Gasteiger charge is -2.31. The Morgan fingerprint density at radius 3 is 1.98 bits per heavy atom. The summed E-state index contributed by atoms with van der Waals surface area (Å²) < 4.78 is 2.53. The average molecular weight is 751 g/mol. The number of anilines is 2. The zero-order valence-electron chi connectivity index (χ0n) is 33.6. The molecule has 284 valence electrons. The molecule has 2 unspecified atom stereocenters. The zero-order valence-corrected chi connectivity index (χ0v) is 33.6. The quantitative estimate of drug-likeness (QED) is 0.128. The predicted octanol–water partition coefficient (Wildman–Crippen LogP) is 15.0. The van der Waals surface area contributed by atoms with E-state index in [4.69, 9.17) is 0 Å². The van der Waals surface area contributed by atoms with Crippen LogP contribution in [-0.4, -0.2) is 10.6 Å². The number of aryl methyl sites for hydroxylation is 2. The lowest BCUT2D eigenvalue weighted by atomic mass is 9.82. The summed E-state index contributed by atoms with van der Waals surface area (Å²) in [5.74, 6) is 0.187. The van der Waals surface area contributed by atoms with Crippen LogP contribution < -0.4 is 4.90 Å². The molecule has 0 N–H and O–H groups in total. The monoisotopic (exact) mass is 750 g/mol. The Morgan fingerprint density at radius 1 is 0.500 bits per heavy atom. The first kappa shape index (κ1) is 36.0. The van der Waals surface area contributed by atoms with Crippen molar-refractivity contribution in [3.63, 3.8) is 0 Å². The van der Waals surface area contributed by atoms with Gasteiger partial charge in [-0.15, -0.1) is 0 Å². The third kappa shape index (κ3) is 6.28. The molecule has 2 aliphatic rings. The molecule has 58 heavy (non-hydrogen) atoms. The Kier molecular flexibility index (Phi) is 9.63. The molecule has 2 nitrogen and oxygen atoms in total. The summed E-state index contributed by atoms with van der Waals surface area (Å²) in [6.07, 6.45) is 11.9. The summed E-state index contributed by atoms with van der Waals surface area (Å²) >= 11 is 0. The van der Waals surface area contributed by atoms with Gasteiger partial charge >= 0.3 is 0 Å². The van der Waals surface area contributed by atoms with Crippen molar-refractivity contribution in [2.24, 2.45) is 0 Å². The van der Waals surface area contributed by atoms with E-state index in [1.54, 1.807) is 0 Å². The molecule has 0 fully saturated rings. The van der Waals surface area contributed by atoms with Crippen LogP contribution in [0, 0.1) is 0 Å². The number of hydrogen-bond acceptors (Lipinski definition) is 1. The van der Waals surface area contributed by atoms with Gasteiger partial charge in [-0.1, -0.05) is 172 Å². The first-order chi connectivity index (χ1) is 28.7. The second kappa shape index (κ2) is 15.5. The maximum atomic E-state index is 2.58. The van der Waals surface area contributed by atoms with E-state index < -0.39 is 0 Å². The molecule has 7 aromatic carbocycles. The number of rotatable bonds is 11.